The molecule has 0 radical (unpaired) electrons. The molecule has 234 valence electrons. The lowest BCUT2D eigenvalue weighted by Gasteiger charge is -2.36. The van der Waals surface area contributed by atoms with Crippen LogP contribution in [-0.2, 0) is 11.8 Å². The standard InChI is InChI=1S/C34H30F2N6O3S/c1-5-29(44)41-16-18(2)42-27(19(41)3)15-25(39-42)33-31(30-23(36)13-21(35)14-28(30)45-10-9-43)34-22(8-11-46-34)32(38-33)20-6-7-26-24(12-20)37-17-40(26)4/h5-8,11-15,17-19,43H,1,9-10,16H2,2-4H3/t18-,19+/m0/s1. The molecule has 5 heterocycles. The molecule has 1 aliphatic heterocycles. The summed E-state index contributed by atoms with van der Waals surface area (Å²) >= 11 is 1.40. The Balaban J connectivity index is 1.53. The average Bonchev–Trinajstić information content (AvgIpc) is 3.80. The van der Waals surface area contributed by atoms with E-state index in [1.54, 1.807) is 11.2 Å². The minimum absolute atomic E-state index is 0.0204. The van der Waals surface area contributed by atoms with Crippen LogP contribution in [0.15, 0.2) is 66.8 Å². The number of carbonyl (C=O) groups excluding carboxylic acids is 1. The van der Waals surface area contributed by atoms with Crippen molar-refractivity contribution < 1.29 is 23.4 Å². The summed E-state index contributed by atoms with van der Waals surface area (Å²) < 4.78 is 40.8. The molecule has 7 rings (SSSR count). The third-order valence-electron chi connectivity index (χ3n) is 8.46. The normalized spacial score (nSPS) is 16.3. The van der Waals surface area contributed by atoms with Gasteiger partial charge in [-0.1, -0.05) is 12.6 Å². The van der Waals surface area contributed by atoms with Gasteiger partial charge in [0.15, 0.2) is 0 Å². The van der Waals surface area contributed by atoms with Crippen LogP contribution in [0.25, 0.3) is 54.9 Å². The smallest absolute Gasteiger partial charge is 0.246 e. The zero-order valence-corrected chi connectivity index (χ0v) is 26.2. The highest BCUT2D eigenvalue weighted by molar-refractivity contribution is 7.18. The lowest BCUT2D eigenvalue weighted by atomic mass is 9.96. The second-order valence-corrected chi connectivity index (χ2v) is 12.3. The van der Waals surface area contributed by atoms with Crippen LogP contribution in [0.1, 0.15) is 31.6 Å². The SMILES string of the molecule is C=CC(=O)N1C[C@H](C)n2nc(-c3nc(-c4ccc5c(c4)ncn5C)c4ccsc4c3-c3c(F)cc(F)cc3OCCO)cc2[C@H]1C. The van der Waals surface area contributed by atoms with Gasteiger partial charge in [0.25, 0.3) is 0 Å². The number of rotatable bonds is 7. The Morgan fingerprint density at radius 2 is 1.98 bits per heavy atom. The zero-order chi connectivity index (χ0) is 32.3. The number of thiophene rings is 1. The first-order chi connectivity index (χ1) is 22.2. The van der Waals surface area contributed by atoms with Gasteiger partial charge >= 0.3 is 0 Å². The van der Waals surface area contributed by atoms with Crippen LogP contribution in [0.4, 0.5) is 8.78 Å². The Hall–Kier alpha value is -4.94. The van der Waals surface area contributed by atoms with Gasteiger partial charge in [0.05, 0.1) is 53.0 Å². The molecule has 0 bridgehead atoms. The number of benzene rings is 2. The fourth-order valence-electron chi connectivity index (χ4n) is 6.28. The molecule has 1 aliphatic rings. The predicted octanol–water partition coefficient (Wildman–Crippen LogP) is 6.68. The van der Waals surface area contributed by atoms with Crippen molar-refractivity contribution in [1.82, 2.24) is 29.2 Å². The Morgan fingerprint density at radius 1 is 1.15 bits per heavy atom. The van der Waals surface area contributed by atoms with E-state index in [1.807, 2.05) is 65.9 Å². The Bertz CT molecular complexity index is 2170. The minimum atomic E-state index is -0.832. The van der Waals surface area contributed by atoms with E-state index in [2.05, 4.69) is 11.6 Å². The molecule has 2 aromatic carbocycles. The molecule has 9 nitrogen and oxygen atoms in total. The number of amides is 1. The first-order valence-corrected chi connectivity index (χ1v) is 15.7. The molecule has 0 fully saturated rings. The number of fused-ring (bicyclic) bond motifs is 3. The summed E-state index contributed by atoms with van der Waals surface area (Å²) in [5.74, 6) is -1.88. The number of hydrogen-bond donors (Lipinski definition) is 1. The van der Waals surface area contributed by atoms with E-state index >= 15 is 4.39 Å². The monoisotopic (exact) mass is 640 g/mol. The van der Waals surface area contributed by atoms with Gasteiger partial charge in [-0.15, -0.1) is 11.3 Å². The lowest BCUT2D eigenvalue weighted by Crippen LogP contribution is -2.42. The van der Waals surface area contributed by atoms with E-state index in [0.29, 0.717) is 33.9 Å². The maximum Gasteiger partial charge on any atom is 0.246 e. The second kappa shape index (κ2) is 11.5. The van der Waals surface area contributed by atoms with Gasteiger partial charge in [-0.25, -0.2) is 18.7 Å². The summed E-state index contributed by atoms with van der Waals surface area (Å²) in [4.78, 5) is 24.2. The van der Waals surface area contributed by atoms with Crippen LogP contribution in [0, 0.1) is 11.6 Å². The number of pyridine rings is 1. The van der Waals surface area contributed by atoms with E-state index < -0.39 is 11.6 Å². The van der Waals surface area contributed by atoms with Crippen molar-refractivity contribution >= 4 is 38.4 Å². The molecular weight excluding hydrogens is 610 g/mol. The Morgan fingerprint density at radius 3 is 2.76 bits per heavy atom. The molecule has 46 heavy (non-hydrogen) atoms. The number of aliphatic hydroxyl groups is 1. The summed E-state index contributed by atoms with van der Waals surface area (Å²) in [6, 6.07) is 11.2. The van der Waals surface area contributed by atoms with Crippen LogP contribution in [0.5, 0.6) is 5.75 Å². The van der Waals surface area contributed by atoms with Crippen LogP contribution in [0.2, 0.25) is 0 Å². The number of hydrogen-bond acceptors (Lipinski definition) is 7. The van der Waals surface area contributed by atoms with Crippen LogP contribution >= 0.6 is 11.3 Å². The summed E-state index contributed by atoms with van der Waals surface area (Å²) in [5.41, 5.74) is 5.26. The largest absolute Gasteiger partial charge is 0.490 e. The zero-order valence-electron chi connectivity index (χ0n) is 25.4. The molecule has 6 aromatic rings. The molecule has 0 spiro atoms. The maximum atomic E-state index is 16.0. The molecular formula is C34H30F2N6O3S. The minimum Gasteiger partial charge on any atom is -0.490 e. The molecule has 2 atom stereocenters. The van der Waals surface area contributed by atoms with Crippen molar-refractivity contribution in [1.29, 1.82) is 0 Å². The highest BCUT2D eigenvalue weighted by atomic mass is 32.1. The highest BCUT2D eigenvalue weighted by Gasteiger charge is 2.34. The van der Waals surface area contributed by atoms with Gasteiger partial charge in [0.2, 0.25) is 5.91 Å². The predicted molar refractivity (Wildman–Crippen MR) is 174 cm³/mol. The number of aryl methyl sites for hydroxylation is 1. The van der Waals surface area contributed by atoms with Crippen molar-refractivity contribution in [3.63, 3.8) is 0 Å². The van der Waals surface area contributed by atoms with E-state index in [9.17, 15) is 14.3 Å². The fraction of sp³-hybridized carbons (Fsp3) is 0.235. The molecule has 12 heteroatoms. The number of aliphatic hydroxyl groups excluding tert-OH is 1. The number of halogens is 2. The number of nitrogens with zero attached hydrogens (tertiary/aromatic N) is 6. The lowest BCUT2D eigenvalue weighted by molar-refractivity contribution is -0.129. The first kappa shape index (κ1) is 29.8. The van der Waals surface area contributed by atoms with Crippen LogP contribution < -0.4 is 4.74 Å². The van der Waals surface area contributed by atoms with E-state index in [4.69, 9.17) is 14.8 Å². The van der Waals surface area contributed by atoms with E-state index in [0.717, 1.165) is 39.8 Å². The van der Waals surface area contributed by atoms with Gasteiger partial charge < -0.3 is 19.3 Å². The summed E-state index contributed by atoms with van der Waals surface area (Å²) in [7, 11) is 1.93. The van der Waals surface area contributed by atoms with Gasteiger partial charge in [0.1, 0.15) is 35.4 Å². The van der Waals surface area contributed by atoms with Gasteiger partial charge in [0, 0.05) is 46.9 Å². The molecule has 0 saturated heterocycles. The topological polar surface area (TPSA) is 98.3 Å². The summed E-state index contributed by atoms with van der Waals surface area (Å²) in [5, 5.41) is 17.1. The third kappa shape index (κ3) is 4.76. The first-order valence-electron chi connectivity index (χ1n) is 14.8. The van der Waals surface area contributed by atoms with Crippen molar-refractivity contribution in [3.05, 3.63) is 84.2 Å². The van der Waals surface area contributed by atoms with Crippen LogP contribution in [0.3, 0.4) is 0 Å². The van der Waals surface area contributed by atoms with Crippen LogP contribution in [-0.4, -0.2) is 60.0 Å². The van der Waals surface area contributed by atoms with Gasteiger partial charge in [-0.05, 0) is 49.6 Å². The summed E-state index contributed by atoms with van der Waals surface area (Å²) in [6.45, 7) is 7.50. The number of carbonyl (C=O) groups is 1. The van der Waals surface area contributed by atoms with E-state index in [1.165, 1.54) is 17.4 Å². The third-order valence-corrected chi connectivity index (χ3v) is 9.40. The van der Waals surface area contributed by atoms with Crippen molar-refractivity contribution in [2.45, 2.75) is 25.9 Å². The summed E-state index contributed by atoms with van der Waals surface area (Å²) in [6.07, 6.45) is 3.05. The molecule has 1 N–H and O–H groups in total. The number of ether oxygens (including phenoxy) is 1. The quantitative estimate of drug-likeness (QED) is 0.196. The molecule has 0 unspecified atom stereocenters. The van der Waals surface area contributed by atoms with Crippen molar-refractivity contribution in [2.24, 2.45) is 7.05 Å². The van der Waals surface area contributed by atoms with Crippen molar-refractivity contribution in [3.8, 4) is 39.5 Å². The molecule has 0 saturated carbocycles. The molecule has 1 amide bonds. The van der Waals surface area contributed by atoms with Gasteiger partial charge in [-0.2, -0.15) is 5.10 Å². The fourth-order valence-corrected chi connectivity index (χ4v) is 7.22. The van der Waals surface area contributed by atoms with Crippen molar-refractivity contribution in [2.75, 3.05) is 19.8 Å². The number of imidazole rings is 1. The molecule has 0 aliphatic carbocycles. The highest BCUT2D eigenvalue weighted by Crippen LogP contribution is 2.48. The second-order valence-electron chi connectivity index (χ2n) is 11.4. The maximum absolute atomic E-state index is 16.0. The number of aromatic nitrogens is 5. The Labute approximate surface area is 267 Å². The van der Waals surface area contributed by atoms with Gasteiger partial charge in [-0.3, -0.25) is 9.48 Å². The molecule has 4 aromatic heterocycles. The Kier molecular flexibility index (Phi) is 7.41. The van der Waals surface area contributed by atoms with E-state index in [-0.39, 0.29) is 42.5 Å². The average molecular weight is 641 g/mol.